The summed E-state index contributed by atoms with van der Waals surface area (Å²) in [6, 6.07) is 8.39. The van der Waals surface area contributed by atoms with E-state index in [0.717, 1.165) is 18.6 Å². The molecule has 2 saturated carbocycles. The smallest absolute Gasteiger partial charge is 0.119 e. The van der Waals surface area contributed by atoms with E-state index in [-0.39, 0.29) is 6.10 Å². The van der Waals surface area contributed by atoms with Crippen LogP contribution in [0.15, 0.2) is 24.3 Å². The van der Waals surface area contributed by atoms with Crippen molar-refractivity contribution in [2.24, 2.45) is 0 Å². The Bertz CT molecular complexity index is 381. The van der Waals surface area contributed by atoms with Gasteiger partial charge in [0.25, 0.3) is 0 Å². The predicted molar refractivity (Wildman–Crippen MR) is 71.9 cm³/mol. The van der Waals surface area contributed by atoms with Crippen LogP contribution in [-0.4, -0.2) is 17.3 Å². The molecule has 0 bridgehead atoms. The number of aliphatic hydroxyl groups excluding tert-OH is 1. The monoisotopic (exact) mass is 246 g/mol. The Hall–Kier alpha value is -1.02. The molecule has 0 spiro atoms. The van der Waals surface area contributed by atoms with Crippen molar-refractivity contribution in [3.8, 4) is 5.75 Å². The first-order valence-corrected chi connectivity index (χ1v) is 7.27. The van der Waals surface area contributed by atoms with Gasteiger partial charge in [0.1, 0.15) is 5.75 Å². The number of aliphatic hydroxyl groups is 1. The van der Waals surface area contributed by atoms with Crippen molar-refractivity contribution < 1.29 is 9.84 Å². The van der Waals surface area contributed by atoms with E-state index >= 15 is 0 Å². The third-order valence-electron chi connectivity index (χ3n) is 4.11. The van der Waals surface area contributed by atoms with Crippen LogP contribution < -0.4 is 4.74 Å². The van der Waals surface area contributed by atoms with Crippen LogP contribution in [-0.2, 0) is 0 Å². The van der Waals surface area contributed by atoms with Crippen LogP contribution in [0.3, 0.4) is 0 Å². The molecule has 2 aliphatic carbocycles. The predicted octanol–water partition coefficient (Wildman–Crippen LogP) is 3.64. The summed E-state index contributed by atoms with van der Waals surface area (Å²) in [5, 5.41) is 10.2. The highest BCUT2D eigenvalue weighted by Gasteiger charge is 2.25. The largest absolute Gasteiger partial charge is 0.490 e. The van der Waals surface area contributed by atoms with E-state index in [1.54, 1.807) is 0 Å². The SMILES string of the molecule is OC1CCCCCC1c1ccc(OC2CC2)cc1. The molecule has 0 radical (unpaired) electrons. The molecule has 3 rings (SSSR count). The van der Waals surface area contributed by atoms with Crippen LogP contribution in [0.2, 0.25) is 0 Å². The molecule has 2 heteroatoms. The molecule has 1 aromatic rings. The minimum absolute atomic E-state index is 0.164. The average molecular weight is 246 g/mol. The van der Waals surface area contributed by atoms with Crippen LogP contribution >= 0.6 is 0 Å². The highest BCUT2D eigenvalue weighted by atomic mass is 16.5. The molecular weight excluding hydrogens is 224 g/mol. The highest BCUT2D eigenvalue weighted by Crippen LogP contribution is 2.33. The zero-order valence-corrected chi connectivity index (χ0v) is 10.8. The summed E-state index contributed by atoms with van der Waals surface area (Å²) in [6.07, 6.45) is 8.42. The first-order valence-electron chi connectivity index (χ1n) is 7.27. The maximum atomic E-state index is 10.2. The topological polar surface area (TPSA) is 29.5 Å². The van der Waals surface area contributed by atoms with Gasteiger partial charge >= 0.3 is 0 Å². The summed E-state index contributed by atoms with van der Waals surface area (Å²) in [7, 11) is 0. The zero-order valence-electron chi connectivity index (χ0n) is 10.8. The number of hydrogen-bond acceptors (Lipinski definition) is 2. The molecule has 98 valence electrons. The van der Waals surface area contributed by atoms with Gasteiger partial charge in [0.2, 0.25) is 0 Å². The molecular formula is C16H22O2. The third kappa shape index (κ3) is 2.86. The van der Waals surface area contributed by atoms with Crippen molar-refractivity contribution in [2.45, 2.75) is 63.1 Å². The molecule has 18 heavy (non-hydrogen) atoms. The molecule has 0 heterocycles. The maximum Gasteiger partial charge on any atom is 0.119 e. The Labute approximate surface area is 109 Å². The number of hydrogen-bond donors (Lipinski definition) is 1. The van der Waals surface area contributed by atoms with Gasteiger partial charge in [-0.25, -0.2) is 0 Å². The number of rotatable bonds is 3. The van der Waals surface area contributed by atoms with Gasteiger partial charge in [0.15, 0.2) is 0 Å². The first kappa shape index (κ1) is 12.0. The standard InChI is InChI=1S/C16H22O2/c17-16-5-3-1-2-4-15(16)12-6-8-13(9-7-12)18-14-10-11-14/h6-9,14-17H,1-5,10-11H2. The molecule has 0 amide bonds. The van der Waals surface area contributed by atoms with Crippen LogP contribution in [0.1, 0.15) is 56.4 Å². The van der Waals surface area contributed by atoms with Crippen LogP contribution in [0.5, 0.6) is 5.75 Å². The van der Waals surface area contributed by atoms with Crippen molar-refractivity contribution >= 4 is 0 Å². The lowest BCUT2D eigenvalue weighted by Crippen LogP contribution is -2.16. The Kier molecular flexibility index (Phi) is 3.55. The number of ether oxygens (including phenoxy) is 1. The van der Waals surface area contributed by atoms with E-state index in [1.807, 2.05) is 0 Å². The quantitative estimate of drug-likeness (QED) is 0.825. The van der Waals surface area contributed by atoms with E-state index in [9.17, 15) is 5.11 Å². The second kappa shape index (κ2) is 5.31. The number of benzene rings is 1. The van der Waals surface area contributed by atoms with Crippen molar-refractivity contribution in [1.29, 1.82) is 0 Å². The van der Waals surface area contributed by atoms with Gasteiger partial charge in [0.05, 0.1) is 12.2 Å². The van der Waals surface area contributed by atoms with Crippen molar-refractivity contribution in [3.05, 3.63) is 29.8 Å². The molecule has 2 atom stereocenters. The van der Waals surface area contributed by atoms with Gasteiger partial charge in [-0.15, -0.1) is 0 Å². The van der Waals surface area contributed by atoms with Gasteiger partial charge in [-0.3, -0.25) is 0 Å². The molecule has 0 saturated heterocycles. The zero-order chi connectivity index (χ0) is 12.4. The Morgan fingerprint density at radius 2 is 1.61 bits per heavy atom. The van der Waals surface area contributed by atoms with Crippen molar-refractivity contribution in [3.63, 3.8) is 0 Å². The fourth-order valence-corrected chi connectivity index (χ4v) is 2.85. The second-order valence-electron chi connectivity index (χ2n) is 5.70. The van der Waals surface area contributed by atoms with E-state index in [2.05, 4.69) is 24.3 Å². The molecule has 2 nitrogen and oxygen atoms in total. The lowest BCUT2D eigenvalue weighted by atomic mass is 9.89. The van der Waals surface area contributed by atoms with E-state index in [0.29, 0.717) is 12.0 Å². The Morgan fingerprint density at radius 3 is 2.33 bits per heavy atom. The lowest BCUT2D eigenvalue weighted by Gasteiger charge is -2.21. The maximum absolute atomic E-state index is 10.2. The van der Waals surface area contributed by atoms with Gasteiger partial charge in [-0.1, -0.05) is 31.4 Å². The molecule has 2 fully saturated rings. The van der Waals surface area contributed by atoms with Gasteiger partial charge in [-0.05, 0) is 43.4 Å². The van der Waals surface area contributed by atoms with Gasteiger partial charge in [-0.2, -0.15) is 0 Å². The summed E-state index contributed by atoms with van der Waals surface area (Å²) in [6.45, 7) is 0. The average Bonchev–Trinajstić information content (AvgIpc) is 3.19. The summed E-state index contributed by atoms with van der Waals surface area (Å²) in [5.41, 5.74) is 1.27. The second-order valence-corrected chi connectivity index (χ2v) is 5.70. The van der Waals surface area contributed by atoms with E-state index in [1.165, 1.54) is 37.7 Å². The fourth-order valence-electron chi connectivity index (χ4n) is 2.85. The van der Waals surface area contributed by atoms with Gasteiger partial charge < -0.3 is 9.84 Å². The Morgan fingerprint density at radius 1 is 0.889 bits per heavy atom. The van der Waals surface area contributed by atoms with Crippen LogP contribution in [0.4, 0.5) is 0 Å². The van der Waals surface area contributed by atoms with Crippen molar-refractivity contribution in [1.82, 2.24) is 0 Å². The fraction of sp³-hybridized carbons (Fsp3) is 0.625. The highest BCUT2D eigenvalue weighted by molar-refractivity contribution is 5.30. The third-order valence-corrected chi connectivity index (χ3v) is 4.11. The van der Waals surface area contributed by atoms with Crippen molar-refractivity contribution in [2.75, 3.05) is 0 Å². The minimum Gasteiger partial charge on any atom is -0.490 e. The first-order chi connectivity index (χ1) is 8.83. The Balaban J connectivity index is 1.69. The summed E-state index contributed by atoms with van der Waals surface area (Å²) in [4.78, 5) is 0. The van der Waals surface area contributed by atoms with Crippen LogP contribution in [0.25, 0.3) is 0 Å². The molecule has 2 aliphatic rings. The molecule has 1 aromatic carbocycles. The lowest BCUT2D eigenvalue weighted by molar-refractivity contribution is 0.135. The summed E-state index contributed by atoms with van der Waals surface area (Å²) < 4.78 is 5.76. The molecule has 2 unspecified atom stereocenters. The summed E-state index contributed by atoms with van der Waals surface area (Å²) in [5.74, 6) is 1.30. The molecule has 0 aliphatic heterocycles. The van der Waals surface area contributed by atoms with Crippen LogP contribution in [0, 0.1) is 0 Å². The van der Waals surface area contributed by atoms with E-state index in [4.69, 9.17) is 4.74 Å². The molecule has 0 aromatic heterocycles. The normalized spacial score (nSPS) is 28.7. The van der Waals surface area contributed by atoms with E-state index < -0.39 is 0 Å². The minimum atomic E-state index is -0.164. The van der Waals surface area contributed by atoms with Gasteiger partial charge in [0, 0.05) is 5.92 Å². The molecule has 1 N–H and O–H groups in total. The summed E-state index contributed by atoms with van der Waals surface area (Å²) >= 11 is 0.